The van der Waals surface area contributed by atoms with Gasteiger partial charge in [0.15, 0.2) is 5.76 Å². The summed E-state index contributed by atoms with van der Waals surface area (Å²) in [5, 5.41) is 0. The van der Waals surface area contributed by atoms with Crippen molar-refractivity contribution in [1.29, 1.82) is 0 Å². The number of ketones is 1. The summed E-state index contributed by atoms with van der Waals surface area (Å²) in [6.45, 7) is 0. The number of ether oxygens (including phenoxy) is 1. The van der Waals surface area contributed by atoms with E-state index in [4.69, 9.17) is 9.15 Å². The normalized spacial score (nSPS) is 10.3. The molecule has 2 aromatic rings. The highest BCUT2D eigenvalue weighted by Gasteiger charge is 2.19. The Morgan fingerprint density at radius 3 is 2.59 bits per heavy atom. The van der Waals surface area contributed by atoms with Gasteiger partial charge in [-0.2, -0.15) is 0 Å². The number of hydrogen-bond acceptors (Lipinski definition) is 3. The summed E-state index contributed by atoms with van der Waals surface area (Å²) in [5.41, 5.74) is 0.500. The number of rotatable bonds is 3. The van der Waals surface area contributed by atoms with Gasteiger partial charge in [-0.3, -0.25) is 4.79 Å². The van der Waals surface area contributed by atoms with Crippen molar-refractivity contribution in [2.75, 3.05) is 7.11 Å². The van der Waals surface area contributed by atoms with Crippen molar-refractivity contribution in [3.05, 3.63) is 50.8 Å². The van der Waals surface area contributed by atoms with Crippen molar-refractivity contribution in [3.63, 3.8) is 0 Å². The maximum absolute atomic E-state index is 12.2. The van der Waals surface area contributed by atoms with Crippen LogP contribution in [0.25, 0.3) is 0 Å². The highest BCUT2D eigenvalue weighted by atomic mass is 79.9. The Labute approximate surface area is 115 Å². The molecule has 0 saturated heterocycles. The minimum Gasteiger partial charge on any atom is -0.497 e. The Balaban J connectivity index is 2.47. The van der Waals surface area contributed by atoms with Crippen LogP contribution in [0.15, 0.2) is 43.9 Å². The van der Waals surface area contributed by atoms with E-state index >= 15 is 0 Å². The summed E-state index contributed by atoms with van der Waals surface area (Å²) in [6, 6.07) is 6.89. The van der Waals surface area contributed by atoms with Gasteiger partial charge in [-0.25, -0.2) is 0 Å². The lowest BCUT2D eigenvalue weighted by Gasteiger charge is -2.05. The Kier molecular flexibility index (Phi) is 3.69. The lowest BCUT2D eigenvalue weighted by Crippen LogP contribution is -2.02. The second-order valence-corrected chi connectivity index (χ2v) is 4.98. The molecule has 3 nitrogen and oxygen atoms in total. The fourth-order valence-electron chi connectivity index (χ4n) is 1.38. The SMILES string of the molecule is COc1ccc(Br)c(C(=O)c2occc2Br)c1. The van der Waals surface area contributed by atoms with Gasteiger partial charge in [-0.15, -0.1) is 0 Å². The van der Waals surface area contributed by atoms with Gasteiger partial charge in [0.2, 0.25) is 5.78 Å². The van der Waals surface area contributed by atoms with Gasteiger partial charge in [0.1, 0.15) is 5.75 Å². The van der Waals surface area contributed by atoms with Gasteiger partial charge in [0.05, 0.1) is 17.8 Å². The topological polar surface area (TPSA) is 39.4 Å². The molecule has 0 aliphatic heterocycles. The van der Waals surface area contributed by atoms with Crippen LogP contribution in [-0.4, -0.2) is 12.9 Å². The molecular weight excluding hydrogens is 352 g/mol. The molecule has 0 bridgehead atoms. The number of halogens is 2. The smallest absolute Gasteiger partial charge is 0.230 e. The standard InChI is InChI=1S/C12H8Br2O3/c1-16-7-2-3-9(13)8(6-7)11(15)12-10(14)4-5-17-12/h2-6H,1H3. The zero-order valence-corrected chi connectivity index (χ0v) is 12.0. The lowest BCUT2D eigenvalue weighted by molar-refractivity contribution is 0.101. The largest absolute Gasteiger partial charge is 0.497 e. The predicted octanol–water partition coefficient (Wildman–Crippen LogP) is 4.04. The fourth-order valence-corrected chi connectivity index (χ4v) is 2.19. The van der Waals surface area contributed by atoms with Gasteiger partial charge >= 0.3 is 0 Å². The van der Waals surface area contributed by atoms with Crippen LogP contribution in [0.4, 0.5) is 0 Å². The van der Waals surface area contributed by atoms with E-state index in [0.29, 0.717) is 20.3 Å². The summed E-state index contributed by atoms with van der Waals surface area (Å²) >= 11 is 6.60. The van der Waals surface area contributed by atoms with E-state index < -0.39 is 0 Å². The Bertz CT molecular complexity index is 561. The first kappa shape index (κ1) is 12.4. The summed E-state index contributed by atoms with van der Waals surface area (Å²) in [4.78, 5) is 12.2. The molecular formula is C12H8Br2O3. The summed E-state index contributed by atoms with van der Waals surface area (Å²) in [6.07, 6.45) is 1.46. The molecule has 88 valence electrons. The molecule has 0 aliphatic rings. The second kappa shape index (κ2) is 5.06. The molecule has 0 unspecified atom stereocenters. The molecule has 0 aliphatic carbocycles. The lowest BCUT2D eigenvalue weighted by atomic mass is 10.1. The second-order valence-electron chi connectivity index (χ2n) is 3.27. The van der Waals surface area contributed by atoms with Crippen molar-refractivity contribution < 1.29 is 13.9 Å². The molecule has 1 aromatic heterocycles. The van der Waals surface area contributed by atoms with Crippen molar-refractivity contribution in [2.45, 2.75) is 0 Å². The third-order valence-corrected chi connectivity index (χ3v) is 3.56. The van der Waals surface area contributed by atoms with Crippen LogP contribution in [0.2, 0.25) is 0 Å². The molecule has 1 aromatic carbocycles. The van der Waals surface area contributed by atoms with Crippen LogP contribution < -0.4 is 4.74 Å². The number of carbonyl (C=O) groups is 1. The number of methoxy groups -OCH3 is 1. The van der Waals surface area contributed by atoms with E-state index in [1.54, 1.807) is 31.4 Å². The first-order valence-electron chi connectivity index (χ1n) is 4.74. The molecule has 2 rings (SSSR count). The van der Waals surface area contributed by atoms with Crippen molar-refractivity contribution in [3.8, 4) is 5.75 Å². The van der Waals surface area contributed by atoms with Crippen LogP contribution in [0.5, 0.6) is 5.75 Å². The van der Waals surface area contributed by atoms with E-state index in [-0.39, 0.29) is 11.5 Å². The third-order valence-electron chi connectivity index (χ3n) is 2.24. The van der Waals surface area contributed by atoms with Gasteiger partial charge in [0, 0.05) is 10.0 Å². The first-order valence-corrected chi connectivity index (χ1v) is 6.33. The number of hydrogen-bond donors (Lipinski definition) is 0. The first-order chi connectivity index (χ1) is 8.13. The summed E-state index contributed by atoms with van der Waals surface area (Å²) in [5.74, 6) is 0.700. The van der Waals surface area contributed by atoms with Crippen molar-refractivity contribution >= 4 is 37.6 Å². The zero-order valence-electron chi connectivity index (χ0n) is 8.87. The van der Waals surface area contributed by atoms with Gasteiger partial charge in [-0.05, 0) is 40.2 Å². The fraction of sp³-hybridized carbons (Fsp3) is 0.0833. The highest BCUT2D eigenvalue weighted by molar-refractivity contribution is 9.10. The van der Waals surface area contributed by atoms with Crippen molar-refractivity contribution in [2.24, 2.45) is 0 Å². The van der Waals surface area contributed by atoms with E-state index in [9.17, 15) is 4.79 Å². The molecule has 0 amide bonds. The molecule has 0 radical (unpaired) electrons. The Morgan fingerprint density at radius 2 is 2.00 bits per heavy atom. The zero-order chi connectivity index (χ0) is 12.4. The number of benzene rings is 1. The molecule has 0 atom stereocenters. The minimum absolute atomic E-state index is 0.201. The van der Waals surface area contributed by atoms with Crippen LogP contribution in [-0.2, 0) is 0 Å². The highest BCUT2D eigenvalue weighted by Crippen LogP contribution is 2.27. The molecule has 17 heavy (non-hydrogen) atoms. The Morgan fingerprint density at radius 1 is 1.24 bits per heavy atom. The molecule has 5 heteroatoms. The average molecular weight is 360 g/mol. The van der Waals surface area contributed by atoms with E-state index in [1.165, 1.54) is 6.26 Å². The number of carbonyl (C=O) groups excluding carboxylic acids is 1. The van der Waals surface area contributed by atoms with E-state index in [1.807, 2.05) is 0 Å². The van der Waals surface area contributed by atoms with Gasteiger partial charge in [0.25, 0.3) is 0 Å². The molecule has 0 spiro atoms. The molecule has 0 N–H and O–H groups in total. The summed E-state index contributed by atoms with van der Waals surface area (Å²) < 4.78 is 11.6. The molecule has 0 saturated carbocycles. The third kappa shape index (κ3) is 2.45. The Hall–Kier alpha value is -1.07. The van der Waals surface area contributed by atoms with E-state index in [2.05, 4.69) is 31.9 Å². The minimum atomic E-state index is -0.201. The maximum atomic E-state index is 12.2. The van der Waals surface area contributed by atoms with Crippen LogP contribution in [0, 0.1) is 0 Å². The van der Waals surface area contributed by atoms with Crippen LogP contribution in [0.3, 0.4) is 0 Å². The predicted molar refractivity (Wildman–Crippen MR) is 70.5 cm³/mol. The van der Waals surface area contributed by atoms with Crippen molar-refractivity contribution in [1.82, 2.24) is 0 Å². The van der Waals surface area contributed by atoms with Gasteiger partial charge in [-0.1, -0.05) is 15.9 Å². The summed E-state index contributed by atoms with van der Waals surface area (Å²) in [7, 11) is 1.56. The maximum Gasteiger partial charge on any atom is 0.230 e. The van der Waals surface area contributed by atoms with Crippen LogP contribution >= 0.6 is 31.9 Å². The average Bonchev–Trinajstić information content (AvgIpc) is 2.75. The monoisotopic (exact) mass is 358 g/mol. The quantitative estimate of drug-likeness (QED) is 0.776. The van der Waals surface area contributed by atoms with Crippen LogP contribution in [0.1, 0.15) is 16.1 Å². The molecule has 1 heterocycles. The van der Waals surface area contributed by atoms with E-state index in [0.717, 1.165) is 0 Å². The molecule has 0 fully saturated rings. The van der Waals surface area contributed by atoms with Gasteiger partial charge < -0.3 is 9.15 Å². The number of furan rings is 1.